The molecule has 0 aromatic heterocycles. The average molecular weight is 354 g/mol. The summed E-state index contributed by atoms with van der Waals surface area (Å²) >= 11 is 0. The number of rotatable bonds is 2. The lowest BCUT2D eigenvalue weighted by Crippen LogP contribution is -2.27. The lowest BCUT2D eigenvalue weighted by atomic mass is 9.91. The first kappa shape index (κ1) is 5.47. The van der Waals surface area contributed by atoms with Crippen molar-refractivity contribution < 1.29 is 24.7 Å². The fraction of sp³-hybridized carbons (Fsp3) is 0.120. The van der Waals surface area contributed by atoms with Crippen LogP contribution in [0, 0.1) is 6.92 Å². The van der Waals surface area contributed by atoms with E-state index >= 15 is 0 Å². The van der Waals surface area contributed by atoms with E-state index in [0.29, 0.717) is 0 Å². The van der Waals surface area contributed by atoms with E-state index in [2.05, 4.69) is 0 Å². The van der Waals surface area contributed by atoms with E-state index in [1.54, 1.807) is 0 Å². The van der Waals surface area contributed by atoms with Crippen LogP contribution in [0.1, 0.15) is 41.4 Å². The van der Waals surface area contributed by atoms with E-state index in [4.69, 9.17) is 19.2 Å². The highest BCUT2D eigenvalue weighted by molar-refractivity contribution is 5.92. The summed E-state index contributed by atoms with van der Waals surface area (Å²) in [4.78, 5) is 0.266. The molecule has 0 unspecified atom stereocenters. The Bertz CT molecular complexity index is 1880. The number of para-hydroxylation sites is 1. The van der Waals surface area contributed by atoms with Gasteiger partial charge in [-0.15, -0.1) is 0 Å². The van der Waals surface area contributed by atoms with Crippen LogP contribution >= 0.6 is 0 Å². The van der Waals surface area contributed by atoms with Gasteiger partial charge in [-0.25, -0.2) is 0 Å². The molecule has 0 saturated heterocycles. The van der Waals surface area contributed by atoms with Gasteiger partial charge in [-0.05, 0) is 46.0 Å². The summed E-state index contributed by atoms with van der Waals surface area (Å²) in [5.41, 5.74) is -3.89. The molecule has 1 aliphatic rings. The molecule has 1 nitrogen and oxygen atoms in total. The van der Waals surface area contributed by atoms with E-state index < -0.39 is 136 Å². The monoisotopic (exact) mass is 353 g/mol. The summed E-state index contributed by atoms with van der Waals surface area (Å²) in [6.45, 7) is -5.17. The van der Waals surface area contributed by atoms with Gasteiger partial charge < -0.3 is 4.90 Å². The molecule has 0 radical (unpaired) electrons. The van der Waals surface area contributed by atoms with Gasteiger partial charge >= 0.3 is 0 Å². The van der Waals surface area contributed by atoms with Gasteiger partial charge in [0.1, 0.15) is 0 Å². The Balaban J connectivity index is 2.09. The molecule has 4 aromatic carbocycles. The van der Waals surface area contributed by atoms with Crippen LogP contribution in [0.3, 0.4) is 0 Å². The molecule has 0 bridgehead atoms. The quantitative estimate of drug-likeness (QED) is 0.407. The van der Waals surface area contributed by atoms with Crippen molar-refractivity contribution in [3.8, 4) is 11.1 Å². The smallest absolute Gasteiger partial charge is 0.0645 e. The molecule has 1 aliphatic heterocycles. The molecule has 0 atom stereocenters. The standard InChI is InChI=1S/C25H21N/c1-18-14-15-20-10-7-11-21-16-26(17-23(18)25(20)21)24-13-6-5-12-22(24)19-8-3-2-4-9-19/h2-15H,16-17H2,1H3/i2D,3D,4D,5D,6D,7D,8D,9D,10D,11D,12D,13D,14D,15D,16D2,17D2. The maximum Gasteiger partial charge on any atom is 0.0645 e. The van der Waals surface area contributed by atoms with Crippen LogP contribution < -0.4 is 4.90 Å². The number of benzene rings is 4. The number of hydrogen-bond donors (Lipinski definition) is 0. The maximum absolute atomic E-state index is 9.26. The summed E-state index contributed by atoms with van der Waals surface area (Å²) in [5, 5.41) is -0.842. The molecule has 26 heavy (non-hydrogen) atoms. The molecular formula is C25H21N. The number of nitrogens with zero attached hydrogens (tertiary/aromatic N) is 1. The third-order valence-corrected chi connectivity index (χ3v) is 3.96. The van der Waals surface area contributed by atoms with E-state index in [9.17, 15) is 5.48 Å². The van der Waals surface area contributed by atoms with Crippen molar-refractivity contribution in [2.45, 2.75) is 19.9 Å². The van der Waals surface area contributed by atoms with Crippen molar-refractivity contribution in [3.05, 3.63) is 101 Å². The zero-order valence-electron chi connectivity index (χ0n) is 31.4. The summed E-state index contributed by atoms with van der Waals surface area (Å²) in [6, 6.07) is -11.8. The molecule has 5 rings (SSSR count). The maximum atomic E-state index is 9.26. The number of hydrogen-bond acceptors (Lipinski definition) is 1. The van der Waals surface area contributed by atoms with Crippen LogP contribution in [0.4, 0.5) is 5.69 Å². The molecule has 1 heteroatoms. The minimum absolute atomic E-state index is 0.198. The van der Waals surface area contributed by atoms with Gasteiger partial charge in [-0.2, -0.15) is 0 Å². The fourth-order valence-electron chi connectivity index (χ4n) is 2.77. The second kappa shape index (κ2) is 6.03. The second-order valence-electron chi connectivity index (χ2n) is 5.53. The number of anilines is 1. The predicted octanol–water partition coefficient (Wildman–Crippen LogP) is 6.34. The van der Waals surface area contributed by atoms with Crippen molar-refractivity contribution in [3.63, 3.8) is 0 Å². The molecular weight excluding hydrogens is 314 g/mol. The molecule has 0 aliphatic carbocycles. The van der Waals surface area contributed by atoms with Crippen molar-refractivity contribution >= 4 is 16.5 Å². The third-order valence-electron chi connectivity index (χ3n) is 3.96. The predicted molar refractivity (Wildman–Crippen MR) is 110 cm³/mol. The van der Waals surface area contributed by atoms with Crippen LogP contribution in [0.15, 0.2) is 84.6 Å². The molecule has 0 spiro atoms. The summed E-state index contributed by atoms with van der Waals surface area (Å²) in [7, 11) is 0. The minimum atomic E-state index is -3.27. The highest BCUT2D eigenvalue weighted by Crippen LogP contribution is 2.38. The molecule has 0 fully saturated rings. The minimum Gasteiger partial charge on any atom is -0.362 e. The third kappa shape index (κ3) is 2.40. The molecule has 126 valence electrons. The fourth-order valence-corrected chi connectivity index (χ4v) is 2.77. The van der Waals surface area contributed by atoms with Gasteiger partial charge in [-0.3, -0.25) is 0 Å². The van der Waals surface area contributed by atoms with Gasteiger partial charge in [0.05, 0.1) is 24.7 Å². The summed E-state index contributed by atoms with van der Waals surface area (Å²) < 4.78 is 155. The van der Waals surface area contributed by atoms with E-state index in [0.717, 1.165) is 0 Å². The second-order valence-corrected chi connectivity index (χ2v) is 5.53. The zero-order chi connectivity index (χ0) is 33.3. The first-order valence-electron chi connectivity index (χ1n) is 16.7. The largest absolute Gasteiger partial charge is 0.362 e. The Morgan fingerprint density at radius 1 is 0.808 bits per heavy atom. The van der Waals surface area contributed by atoms with Gasteiger partial charge in [0, 0.05) is 24.2 Å². The molecule has 0 N–H and O–H groups in total. The lowest BCUT2D eigenvalue weighted by Gasteiger charge is -2.33. The average Bonchev–Trinajstić information content (AvgIpc) is 2.94. The first-order valence-corrected chi connectivity index (χ1v) is 7.67. The van der Waals surface area contributed by atoms with Gasteiger partial charge in [0.2, 0.25) is 0 Å². The van der Waals surface area contributed by atoms with Crippen molar-refractivity contribution in [2.75, 3.05) is 4.90 Å². The van der Waals surface area contributed by atoms with Crippen molar-refractivity contribution in [2.24, 2.45) is 0 Å². The Kier molecular flexibility index (Phi) is 1.27. The van der Waals surface area contributed by atoms with Crippen molar-refractivity contribution in [1.29, 1.82) is 0 Å². The Morgan fingerprint density at radius 3 is 2.50 bits per heavy atom. The van der Waals surface area contributed by atoms with E-state index in [1.165, 1.54) is 6.92 Å². The highest BCUT2D eigenvalue weighted by atomic mass is 15.1. The lowest BCUT2D eigenvalue weighted by molar-refractivity contribution is 0.785. The molecule has 0 amide bonds. The SMILES string of the molecule is [2H]c1c([2H])c([2H])c(-c2c([2H])c([2H])c([2H])c([2H])c2N2C([2H])([2H])c3c([2H])c([2H])c([2H])c4c([2H])c([2H])c(C)c(c34)C2([2H])[2H])c([2H])c1[2H]. The van der Waals surface area contributed by atoms with Crippen LogP contribution in [-0.4, -0.2) is 0 Å². The van der Waals surface area contributed by atoms with Gasteiger partial charge in [0.25, 0.3) is 0 Å². The van der Waals surface area contributed by atoms with Crippen LogP contribution in [0.5, 0.6) is 0 Å². The Hall–Kier alpha value is -3.06. The van der Waals surface area contributed by atoms with E-state index in [1.807, 2.05) is 0 Å². The van der Waals surface area contributed by atoms with E-state index in [-0.39, 0.29) is 10.5 Å². The van der Waals surface area contributed by atoms with Gasteiger partial charge in [0.15, 0.2) is 0 Å². The molecule has 4 aromatic rings. The van der Waals surface area contributed by atoms with Crippen molar-refractivity contribution in [1.82, 2.24) is 0 Å². The highest BCUT2D eigenvalue weighted by Gasteiger charge is 2.22. The summed E-state index contributed by atoms with van der Waals surface area (Å²) in [5.74, 6) is 0. The Labute approximate surface area is 179 Å². The Morgan fingerprint density at radius 2 is 1.62 bits per heavy atom. The van der Waals surface area contributed by atoms with Crippen LogP contribution in [0.2, 0.25) is 0 Å². The first-order chi connectivity index (χ1) is 20.1. The molecule has 1 heterocycles. The molecule has 0 saturated carbocycles. The van der Waals surface area contributed by atoms with Gasteiger partial charge in [-0.1, -0.05) is 78.6 Å². The topological polar surface area (TPSA) is 3.24 Å². The van der Waals surface area contributed by atoms with Crippen LogP contribution in [-0.2, 0) is 13.0 Å². The van der Waals surface area contributed by atoms with Crippen LogP contribution in [0.25, 0.3) is 21.9 Å². The summed E-state index contributed by atoms with van der Waals surface area (Å²) in [6.07, 6.45) is 0. The normalized spacial score (nSPS) is 26.9. The zero-order valence-corrected chi connectivity index (χ0v) is 13.4.